The highest BCUT2D eigenvalue weighted by molar-refractivity contribution is 6.29. The minimum Gasteiger partial charge on any atom is -0.476 e. The van der Waals surface area contributed by atoms with E-state index in [-0.39, 0.29) is 22.3 Å². The number of aromatic carboxylic acids is 1. The third kappa shape index (κ3) is 3.64. The van der Waals surface area contributed by atoms with Crippen molar-refractivity contribution >= 4 is 40.2 Å². The van der Waals surface area contributed by atoms with Crippen molar-refractivity contribution in [3.05, 3.63) is 29.6 Å². The molecular formula is C14H14ClN7O3. The van der Waals surface area contributed by atoms with Crippen LogP contribution in [-0.2, 0) is 11.3 Å². The highest BCUT2D eigenvalue weighted by Crippen LogP contribution is 2.27. The van der Waals surface area contributed by atoms with Crippen molar-refractivity contribution in [2.24, 2.45) is 0 Å². The highest BCUT2D eigenvalue weighted by atomic mass is 35.5. The fourth-order valence-electron chi connectivity index (χ4n) is 2.23. The van der Waals surface area contributed by atoms with Gasteiger partial charge in [0, 0.05) is 19.0 Å². The largest absolute Gasteiger partial charge is 0.476 e. The summed E-state index contributed by atoms with van der Waals surface area (Å²) in [5, 5.41) is 16.4. The zero-order valence-corrected chi connectivity index (χ0v) is 13.9. The standard InChI is InChI=1S/C14H14ClN7O3/c1-2-25-6-5-22-11-9(10(21-22)13(23)24)19-14(15)20-12(11)18-8-7-16-3-4-17-8/h3-4,7H,2,5-6H2,1H3,(H,23,24)(H,17,18,19,20). The number of carboxylic acid groups (broad SMARTS) is 1. The van der Waals surface area contributed by atoms with Crippen LogP contribution >= 0.6 is 11.6 Å². The van der Waals surface area contributed by atoms with Crippen molar-refractivity contribution in [1.82, 2.24) is 29.7 Å². The van der Waals surface area contributed by atoms with Crippen LogP contribution in [-0.4, -0.2) is 54.0 Å². The van der Waals surface area contributed by atoms with E-state index < -0.39 is 5.97 Å². The maximum atomic E-state index is 11.5. The molecule has 0 amide bonds. The molecule has 0 aliphatic rings. The second-order valence-corrected chi connectivity index (χ2v) is 5.17. The number of nitrogens with one attached hydrogen (secondary N) is 1. The summed E-state index contributed by atoms with van der Waals surface area (Å²) in [6, 6.07) is 0. The Kier molecular flexibility index (Phi) is 5.00. The first-order valence-electron chi connectivity index (χ1n) is 7.38. The number of fused-ring (bicyclic) bond motifs is 1. The molecular weight excluding hydrogens is 350 g/mol. The minimum absolute atomic E-state index is 0.106. The quantitative estimate of drug-likeness (QED) is 0.476. The van der Waals surface area contributed by atoms with Crippen LogP contribution in [0.5, 0.6) is 0 Å². The van der Waals surface area contributed by atoms with Gasteiger partial charge in [0.25, 0.3) is 0 Å². The lowest BCUT2D eigenvalue weighted by Crippen LogP contribution is -2.10. The SMILES string of the molecule is CCOCCn1nc(C(=O)O)c2nc(Cl)nc(Nc3cnccn3)c21. The molecule has 2 N–H and O–H groups in total. The van der Waals surface area contributed by atoms with Crippen molar-refractivity contribution in [1.29, 1.82) is 0 Å². The molecule has 0 radical (unpaired) electrons. The summed E-state index contributed by atoms with van der Waals surface area (Å²) in [5.74, 6) is -0.500. The molecule has 0 fully saturated rings. The van der Waals surface area contributed by atoms with Crippen LogP contribution in [0.4, 0.5) is 11.6 Å². The third-order valence-electron chi connectivity index (χ3n) is 3.22. The highest BCUT2D eigenvalue weighted by Gasteiger charge is 2.22. The lowest BCUT2D eigenvalue weighted by Gasteiger charge is -2.09. The van der Waals surface area contributed by atoms with Gasteiger partial charge in [0.2, 0.25) is 5.28 Å². The van der Waals surface area contributed by atoms with Crippen molar-refractivity contribution in [3.63, 3.8) is 0 Å². The van der Waals surface area contributed by atoms with Gasteiger partial charge in [-0.15, -0.1) is 0 Å². The second-order valence-electron chi connectivity index (χ2n) is 4.83. The molecule has 0 saturated heterocycles. The van der Waals surface area contributed by atoms with Gasteiger partial charge in [-0.2, -0.15) is 10.1 Å². The van der Waals surface area contributed by atoms with Crippen LogP contribution in [0.15, 0.2) is 18.6 Å². The first-order chi connectivity index (χ1) is 12.1. The van der Waals surface area contributed by atoms with Crippen molar-refractivity contribution in [2.45, 2.75) is 13.5 Å². The summed E-state index contributed by atoms with van der Waals surface area (Å²) in [6.45, 7) is 3.10. The van der Waals surface area contributed by atoms with Crippen LogP contribution < -0.4 is 5.32 Å². The molecule has 0 bridgehead atoms. The fourth-order valence-corrected chi connectivity index (χ4v) is 2.40. The molecule has 0 spiro atoms. The van der Waals surface area contributed by atoms with E-state index in [2.05, 4.69) is 30.4 Å². The van der Waals surface area contributed by atoms with Gasteiger partial charge in [0.1, 0.15) is 16.9 Å². The summed E-state index contributed by atoms with van der Waals surface area (Å²) in [4.78, 5) is 27.7. The summed E-state index contributed by atoms with van der Waals surface area (Å²) in [6.07, 6.45) is 4.54. The predicted octanol–water partition coefficient (Wildman–Crippen LogP) is 1.75. The number of hydrogen-bond donors (Lipinski definition) is 2. The number of ether oxygens (including phenoxy) is 1. The zero-order valence-electron chi connectivity index (χ0n) is 13.2. The topological polar surface area (TPSA) is 128 Å². The van der Waals surface area contributed by atoms with Crippen molar-refractivity contribution in [2.75, 3.05) is 18.5 Å². The van der Waals surface area contributed by atoms with E-state index in [0.717, 1.165) is 0 Å². The molecule has 3 aromatic rings. The molecule has 25 heavy (non-hydrogen) atoms. The Morgan fingerprint density at radius 3 is 2.92 bits per heavy atom. The smallest absolute Gasteiger partial charge is 0.358 e. The number of carbonyl (C=O) groups is 1. The Morgan fingerprint density at radius 1 is 1.40 bits per heavy atom. The monoisotopic (exact) mass is 363 g/mol. The summed E-state index contributed by atoms with van der Waals surface area (Å²) in [5.41, 5.74) is 0.320. The lowest BCUT2D eigenvalue weighted by molar-refractivity contribution is 0.0690. The van der Waals surface area contributed by atoms with Gasteiger partial charge in [-0.1, -0.05) is 0 Å². The maximum Gasteiger partial charge on any atom is 0.358 e. The normalized spacial score (nSPS) is 11.0. The van der Waals surface area contributed by atoms with E-state index in [1.807, 2.05) is 6.92 Å². The van der Waals surface area contributed by atoms with Gasteiger partial charge >= 0.3 is 5.97 Å². The molecule has 3 aromatic heterocycles. The molecule has 0 aliphatic carbocycles. The third-order valence-corrected chi connectivity index (χ3v) is 3.39. The molecule has 0 atom stereocenters. The van der Waals surface area contributed by atoms with E-state index in [9.17, 15) is 9.90 Å². The first kappa shape index (κ1) is 17.0. The number of rotatable bonds is 7. The molecule has 0 saturated carbocycles. The van der Waals surface area contributed by atoms with Gasteiger partial charge in [-0.05, 0) is 18.5 Å². The number of halogens is 1. The predicted molar refractivity (Wildman–Crippen MR) is 89.1 cm³/mol. The number of anilines is 2. The van der Waals surface area contributed by atoms with Gasteiger partial charge < -0.3 is 15.2 Å². The van der Waals surface area contributed by atoms with E-state index in [0.29, 0.717) is 31.1 Å². The number of carboxylic acids is 1. The molecule has 3 rings (SSSR count). The average Bonchev–Trinajstić information content (AvgIpc) is 2.95. The molecule has 3 heterocycles. The summed E-state index contributed by atoms with van der Waals surface area (Å²) in [7, 11) is 0. The molecule has 0 aliphatic heterocycles. The van der Waals surface area contributed by atoms with Crippen LogP contribution in [0, 0.1) is 0 Å². The van der Waals surface area contributed by atoms with E-state index >= 15 is 0 Å². The Morgan fingerprint density at radius 2 is 2.24 bits per heavy atom. The number of hydrogen-bond acceptors (Lipinski definition) is 8. The molecule has 0 unspecified atom stereocenters. The van der Waals surface area contributed by atoms with E-state index in [1.54, 1.807) is 0 Å². The fraction of sp³-hybridized carbons (Fsp3) is 0.286. The van der Waals surface area contributed by atoms with Gasteiger partial charge in [0.05, 0.1) is 19.3 Å². The zero-order chi connectivity index (χ0) is 17.8. The number of nitrogens with zero attached hydrogens (tertiary/aromatic N) is 6. The molecule has 130 valence electrons. The maximum absolute atomic E-state index is 11.5. The summed E-state index contributed by atoms with van der Waals surface area (Å²) >= 11 is 5.95. The Labute approximate surface area is 146 Å². The van der Waals surface area contributed by atoms with E-state index in [4.69, 9.17) is 16.3 Å². The Hall–Kier alpha value is -2.85. The van der Waals surface area contributed by atoms with Gasteiger partial charge in [-0.25, -0.2) is 14.8 Å². The second kappa shape index (κ2) is 7.36. The molecule has 11 heteroatoms. The van der Waals surface area contributed by atoms with Crippen LogP contribution in [0.2, 0.25) is 5.28 Å². The van der Waals surface area contributed by atoms with Crippen LogP contribution in [0.1, 0.15) is 17.4 Å². The Balaban J connectivity index is 2.12. The minimum atomic E-state index is -1.21. The molecule has 10 nitrogen and oxygen atoms in total. The Bertz CT molecular complexity index is 900. The lowest BCUT2D eigenvalue weighted by atomic mass is 10.3. The van der Waals surface area contributed by atoms with Crippen molar-refractivity contribution < 1.29 is 14.6 Å². The van der Waals surface area contributed by atoms with Gasteiger partial charge in [0.15, 0.2) is 11.5 Å². The van der Waals surface area contributed by atoms with Crippen LogP contribution in [0.3, 0.4) is 0 Å². The van der Waals surface area contributed by atoms with Crippen LogP contribution in [0.25, 0.3) is 11.0 Å². The molecule has 0 aromatic carbocycles. The number of aromatic nitrogens is 6. The average molecular weight is 364 g/mol. The first-order valence-corrected chi connectivity index (χ1v) is 7.76. The van der Waals surface area contributed by atoms with Gasteiger partial charge in [-0.3, -0.25) is 9.67 Å². The summed E-state index contributed by atoms with van der Waals surface area (Å²) < 4.78 is 6.80. The van der Waals surface area contributed by atoms with E-state index in [1.165, 1.54) is 23.3 Å². The van der Waals surface area contributed by atoms with Crippen molar-refractivity contribution in [3.8, 4) is 0 Å².